The summed E-state index contributed by atoms with van der Waals surface area (Å²) in [6.45, 7) is 8.84. The Morgan fingerprint density at radius 3 is 2.88 bits per heavy atom. The van der Waals surface area contributed by atoms with Gasteiger partial charge in [-0.15, -0.1) is 24.0 Å². The van der Waals surface area contributed by atoms with Crippen LogP contribution in [0.5, 0.6) is 0 Å². The lowest BCUT2D eigenvalue weighted by Gasteiger charge is -2.04. The summed E-state index contributed by atoms with van der Waals surface area (Å²) < 4.78 is 0. The normalized spacial score (nSPS) is 10.8. The molecule has 0 aliphatic rings. The lowest BCUT2D eigenvalue weighted by atomic mass is 10.3. The highest BCUT2D eigenvalue weighted by molar-refractivity contribution is 14.0. The largest absolute Gasteiger partial charge is 0.370 e. The van der Waals surface area contributed by atoms with Crippen LogP contribution < -0.4 is 11.1 Å². The van der Waals surface area contributed by atoms with E-state index in [9.17, 15) is 0 Å². The molecule has 1 aromatic rings. The molecule has 0 aliphatic heterocycles. The summed E-state index contributed by atoms with van der Waals surface area (Å²) in [7, 11) is 0. The number of hydrogen-bond donors (Lipinski definition) is 3. The minimum atomic E-state index is 0. The second kappa shape index (κ2) is 7.26. The molecule has 0 unspecified atom stereocenters. The highest BCUT2D eigenvalue weighted by Crippen LogP contribution is 2.03. The van der Waals surface area contributed by atoms with E-state index in [1.165, 1.54) is 0 Å². The zero-order valence-electron chi connectivity index (χ0n) is 9.58. The maximum atomic E-state index is 5.66. The SMILES string of the molecule is C=C(C)CNC(N)=NCc1cn[nH]c1C.I. The second-order valence-electron chi connectivity index (χ2n) is 3.53. The molecular weight excluding hydrogens is 317 g/mol. The molecule has 4 N–H and O–H groups in total. The first kappa shape index (κ1) is 14.9. The maximum Gasteiger partial charge on any atom is 0.189 e. The van der Waals surface area contributed by atoms with E-state index in [1.807, 2.05) is 13.8 Å². The van der Waals surface area contributed by atoms with Crippen molar-refractivity contribution in [2.75, 3.05) is 6.54 Å². The van der Waals surface area contributed by atoms with Crippen molar-refractivity contribution in [1.29, 1.82) is 0 Å². The van der Waals surface area contributed by atoms with Crippen LogP contribution in [0.3, 0.4) is 0 Å². The lowest BCUT2D eigenvalue weighted by Crippen LogP contribution is -2.32. The van der Waals surface area contributed by atoms with Gasteiger partial charge in [0.05, 0.1) is 12.7 Å². The van der Waals surface area contributed by atoms with Crippen molar-refractivity contribution in [3.05, 3.63) is 29.6 Å². The number of nitrogens with zero attached hydrogens (tertiary/aromatic N) is 2. The molecule has 0 saturated heterocycles. The number of halogens is 1. The van der Waals surface area contributed by atoms with Crippen molar-refractivity contribution in [3.63, 3.8) is 0 Å². The van der Waals surface area contributed by atoms with Gasteiger partial charge in [0.2, 0.25) is 0 Å². The number of aliphatic imine (C=N–C) groups is 1. The average Bonchev–Trinajstić information content (AvgIpc) is 2.58. The molecule has 1 rings (SSSR count). The molecule has 0 fully saturated rings. The van der Waals surface area contributed by atoms with Gasteiger partial charge in [-0.1, -0.05) is 12.2 Å². The topological polar surface area (TPSA) is 79.1 Å². The van der Waals surface area contributed by atoms with Crippen molar-refractivity contribution >= 4 is 29.9 Å². The fourth-order valence-electron chi connectivity index (χ4n) is 1.00. The van der Waals surface area contributed by atoms with Gasteiger partial charge in [-0.2, -0.15) is 5.10 Å². The summed E-state index contributed by atoms with van der Waals surface area (Å²) in [6, 6.07) is 0. The Bertz CT molecular complexity index is 369. The third kappa shape index (κ3) is 5.15. The van der Waals surface area contributed by atoms with Crippen LogP contribution in [-0.4, -0.2) is 22.7 Å². The Hall–Kier alpha value is -1.05. The molecule has 0 aliphatic carbocycles. The Morgan fingerprint density at radius 2 is 2.38 bits per heavy atom. The molecule has 0 atom stereocenters. The fraction of sp³-hybridized carbons (Fsp3) is 0.400. The monoisotopic (exact) mass is 335 g/mol. The van der Waals surface area contributed by atoms with Crippen molar-refractivity contribution in [3.8, 4) is 0 Å². The van der Waals surface area contributed by atoms with Crippen molar-refractivity contribution in [1.82, 2.24) is 15.5 Å². The number of nitrogens with two attached hydrogens (primary N) is 1. The van der Waals surface area contributed by atoms with Crippen molar-refractivity contribution in [2.45, 2.75) is 20.4 Å². The zero-order valence-corrected chi connectivity index (χ0v) is 11.9. The maximum absolute atomic E-state index is 5.66. The van der Waals surface area contributed by atoms with Crippen LogP contribution in [0.1, 0.15) is 18.2 Å². The fourth-order valence-corrected chi connectivity index (χ4v) is 1.00. The van der Waals surface area contributed by atoms with E-state index in [1.54, 1.807) is 6.20 Å². The van der Waals surface area contributed by atoms with Crippen molar-refractivity contribution < 1.29 is 0 Å². The zero-order chi connectivity index (χ0) is 11.3. The molecule has 0 radical (unpaired) electrons. The van der Waals surface area contributed by atoms with E-state index in [4.69, 9.17) is 5.73 Å². The summed E-state index contributed by atoms with van der Waals surface area (Å²) >= 11 is 0. The molecule has 5 nitrogen and oxygen atoms in total. The van der Waals surface area contributed by atoms with Gasteiger partial charge in [-0.05, 0) is 13.8 Å². The van der Waals surface area contributed by atoms with Crippen LogP contribution in [0.15, 0.2) is 23.3 Å². The van der Waals surface area contributed by atoms with E-state index in [0.717, 1.165) is 16.8 Å². The number of rotatable bonds is 4. The second-order valence-corrected chi connectivity index (χ2v) is 3.53. The quantitative estimate of drug-likeness (QED) is 0.336. The van der Waals surface area contributed by atoms with Gasteiger partial charge >= 0.3 is 0 Å². The van der Waals surface area contributed by atoms with E-state index in [2.05, 4.69) is 27.1 Å². The third-order valence-corrected chi connectivity index (χ3v) is 1.93. The van der Waals surface area contributed by atoms with Crippen LogP contribution in [0.4, 0.5) is 0 Å². The van der Waals surface area contributed by atoms with E-state index >= 15 is 0 Å². The number of H-pyrrole nitrogens is 1. The Balaban J connectivity index is 0.00000225. The predicted molar refractivity (Wildman–Crippen MR) is 76.9 cm³/mol. The Kier molecular flexibility index (Phi) is 6.78. The van der Waals surface area contributed by atoms with Crippen LogP contribution in [0, 0.1) is 6.92 Å². The molecule has 0 saturated carbocycles. The summed E-state index contributed by atoms with van der Waals surface area (Å²) in [5.41, 5.74) is 8.75. The summed E-state index contributed by atoms with van der Waals surface area (Å²) in [5.74, 6) is 0.429. The number of aryl methyl sites for hydroxylation is 1. The number of hydrogen-bond acceptors (Lipinski definition) is 2. The van der Waals surface area contributed by atoms with E-state index < -0.39 is 0 Å². The molecule has 1 heterocycles. The molecule has 90 valence electrons. The van der Waals surface area contributed by atoms with Gasteiger partial charge in [-0.3, -0.25) is 5.10 Å². The molecule has 16 heavy (non-hydrogen) atoms. The van der Waals surface area contributed by atoms with Gasteiger partial charge in [0, 0.05) is 17.8 Å². The molecule has 0 bridgehead atoms. The third-order valence-electron chi connectivity index (χ3n) is 1.93. The van der Waals surface area contributed by atoms with Crippen molar-refractivity contribution in [2.24, 2.45) is 10.7 Å². The number of aromatic amines is 1. The molecule has 0 spiro atoms. The van der Waals surface area contributed by atoms with E-state index in [-0.39, 0.29) is 24.0 Å². The van der Waals surface area contributed by atoms with Crippen LogP contribution in [-0.2, 0) is 6.54 Å². The Labute approximate surface area is 113 Å². The minimum Gasteiger partial charge on any atom is -0.370 e. The summed E-state index contributed by atoms with van der Waals surface area (Å²) in [4.78, 5) is 4.18. The molecule has 0 aromatic carbocycles. The first-order chi connectivity index (χ1) is 7.09. The molecule has 0 amide bonds. The van der Waals surface area contributed by atoms with Crippen LogP contribution in [0.25, 0.3) is 0 Å². The number of nitrogens with one attached hydrogen (secondary N) is 2. The first-order valence-electron chi connectivity index (χ1n) is 4.76. The highest BCUT2D eigenvalue weighted by Gasteiger charge is 1.98. The summed E-state index contributed by atoms with van der Waals surface area (Å²) in [6.07, 6.45) is 1.75. The molecule has 1 aromatic heterocycles. The standard InChI is InChI=1S/C10H17N5.HI/c1-7(2)4-12-10(11)13-5-9-6-14-15-8(9)3;/h6H,1,4-5H2,2-3H3,(H,14,15)(H3,11,12,13);1H. The van der Waals surface area contributed by atoms with Crippen LogP contribution >= 0.6 is 24.0 Å². The smallest absolute Gasteiger partial charge is 0.189 e. The summed E-state index contributed by atoms with van der Waals surface area (Å²) in [5, 5.41) is 9.71. The first-order valence-corrected chi connectivity index (χ1v) is 4.76. The van der Waals surface area contributed by atoms with Gasteiger partial charge in [0.1, 0.15) is 0 Å². The Morgan fingerprint density at radius 1 is 1.69 bits per heavy atom. The molecule has 6 heteroatoms. The van der Waals surface area contributed by atoms with Gasteiger partial charge in [0.15, 0.2) is 5.96 Å². The number of aromatic nitrogens is 2. The predicted octanol–water partition coefficient (Wildman–Crippen LogP) is 1.32. The van der Waals surface area contributed by atoms with E-state index in [0.29, 0.717) is 19.0 Å². The van der Waals surface area contributed by atoms with Gasteiger partial charge < -0.3 is 11.1 Å². The minimum absolute atomic E-state index is 0. The highest BCUT2D eigenvalue weighted by atomic mass is 127. The van der Waals surface area contributed by atoms with Gasteiger partial charge in [0.25, 0.3) is 0 Å². The number of guanidine groups is 1. The lowest BCUT2D eigenvalue weighted by molar-refractivity contribution is 0.936. The van der Waals surface area contributed by atoms with Crippen LogP contribution in [0.2, 0.25) is 0 Å². The molecular formula is C10H18IN5. The van der Waals surface area contributed by atoms with Gasteiger partial charge in [-0.25, -0.2) is 4.99 Å². The average molecular weight is 335 g/mol.